The first-order valence-electron chi connectivity index (χ1n) is 5.09. The van der Waals surface area contributed by atoms with Crippen molar-refractivity contribution in [1.29, 1.82) is 0 Å². The van der Waals surface area contributed by atoms with Crippen LogP contribution in [0.3, 0.4) is 0 Å². The number of hydrogen-bond acceptors (Lipinski definition) is 3. The van der Waals surface area contributed by atoms with E-state index in [9.17, 15) is 0 Å². The quantitative estimate of drug-likeness (QED) is 0.473. The van der Waals surface area contributed by atoms with Crippen LogP contribution in [0.5, 0.6) is 0 Å². The molecule has 126 valence electrons. The van der Waals surface area contributed by atoms with Gasteiger partial charge in [-0.05, 0) is 0 Å². The van der Waals surface area contributed by atoms with Crippen LogP contribution in [0.25, 0.3) is 0 Å². The van der Waals surface area contributed by atoms with E-state index in [-0.39, 0.29) is 58.9 Å². The molecule has 1 aromatic rings. The summed E-state index contributed by atoms with van der Waals surface area (Å²) in [6, 6.07) is 0. The van der Waals surface area contributed by atoms with Crippen LogP contribution in [0.2, 0.25) is 0 Å². The second kappa shape index (κ2) is 28.0. The Morgan fingerprint density at radius 1 is 0.600 bits per heavy atom. The summed E-state index contributed by atoms with van der Waals surface area (Å²) in [5, 5.41) is 21.0. The third-order valence-electron chi connectivity index (χ3n) is 2.81. The average molecular weight is 389 g/mol. The third kappa shape index (κ3) is 13.8. The SMILES string of the molecule is CO.CO.CO.Cc1c(C)c(C)[c-](C)c1C.Cl.Cl.Cl.[Ti]. The predicted molar refractivity (Wildman–Crippen MR) is 91.9 cm³/mol. The molecule has 0 fully saturated rings. The molecule has 0 aliphatic rings. The van der Waals surface area contributed by atoms with Gasteiger partial charge in [0.2, 0.25) is 0 Å². The van der Waals surface area contributed by atoms with Crippen molar-refractivity contribution >= 4 is 37.2 Å². The van der Waals surface area contributed by atoms with Crippen molar-refractivity contribution in [3.63, 3.8) is 0 Å². The molecule has 0 bridgehead atoms. The zero-order valence-corrected chi connectivity index (χ0v) is 17.6. The molecule has 0 saturated carbocycles. The van der Waals surface area contributed by atoms with Crippen molar-refractivity contribution in [2.45, 2.75) is 34.6 Å². The molecule has 1 aromatic carbocycles. The molecule has 0 saturated heterocycles. The molecule has 0 unspecified atom stereocenters. The summed E-state index contributed by atoms with van der Waals surface area (Å²) >= 11 is 0. The topological polar surface area (TPSA) is 60.7 Å². The normalized spacial score (nSPS) is 6.15. The van der Waals surface area contributed by atoms with Crippen molar-refractivity contribution in [2.24, 2.45) is 0 Å². The van der Waals surface area contributed by atoms with E-state index in [4.69, 9.17) is 15.3 Å². The van der Waals surface area contributed by atoms with Gasteiger partial charge in [-0.2, -0.15) is 27.8 Å². The number of rotatable bonds is 0. The second-order valence-electron chi connectivity index (χ2n) is 3.12. The van der Waals surface area contributed by atoms with Crippen LogP contribution in [-0.2, 0) is 21.7 Å². The Morgan fingerprint density at radius 2 is 0.750 bits per heavy atom. The van der Waals surface area contributed by atoms with E-state index in [0.717, 1.165) is 21.3 Å². The maximum atomic E-state index is 7.00. The van der Waals surface area contributed by atoms with Crippen LogP contribution in [0.15, 0.2) is 0 Å². The first-order valence-corrected chi connectivity index (χ1v) is 5.09. The van der Waals surface area contributed by atoms with Crippen molar-refractivity contribution in [1.82, 2.24) is 0 Å². The zero-order valence-electron chi connectivity index (χ0n) is 13.6. The molecule has 0 aromatic heterocycles. The molecule has 0 heterocycles. The second-order valence-corrected chi connectivity index (χ2v) is 3.12. The summed E-state index contributed by atoms with van der Waals surface area (Å²) in [5.74, 6) is 0. The molecule has 3 N–H and O–H groups in total. The largest absolute Gasteiger partial charge is 0.400 e. The Kier molecular flexibility index (Phi) is 60.0. The van der Waals surface area contributed by atoms with Gasteiger partial charge in [0.05, 0.1) is 0 Å². The predicted octanol–water partition coefficient (Wildman–Crippen LogP) is 3.04. The van der Waals surface area contributed by atoms with Crippen LogP contribution < -0.4 is 0 Å². The average Bonchev–Trinajstić information content (AvgIpc) is 2.55. The molecule has 3 nitrogen and oxygen atoms in total. The van der Waals surface area contributed by atoms with Crippen LogP contribution in [0.1, 0.15) is 27.8 Å². The molecule has 0 aliphatic carbocycles. The molecule has 1 rings (SSSR count). The van der Waals surface area contributed by atoms with Gasteiger partial charge in [0, 0.05) is 43.0 Å². The minimum Gasteiger partial charge on any atom is -0.400 e. The molecule has 0 aliphatic heterocycles. The number of aliphatic hydroxyl groups excluding tert-OH is 3. The Labute approximate surface area is 157 Å². The van der Waals surface area contributed by atoms with E-state index in [1.165, 1.54) is 27.8 Å². The van der Waals surface area contributed by atoms with Gasteiger partial charge >= 0.3 is 0 Å². The summed E-state index contributed by atoms with van der Waals surface area (Å²) < 4.78 is 0. The Balaban J connectivity index is -0.0000000303. The number of aliphatic hydroxyl groups is 3. The van der Waals surface area contributed by atoms with E-state index in [2.05, 4.69) is 34.6 Å². The van der Waals surface area contributed by atoms with E-state index in [1.807, 2.05) is 0 Å². The van der Waals surface area contributed by atoms with Gasteiger partial charge in [-0.1, -0.05) is 34.6 Å². The molecule has 0 amide bonds. The van der Waals surface area contributed by atoms with Crippen LogP contribution in [0.4, 0.5) is 0 Å². The van der Waals surface area contributed by atoms with Crippen molar-refractivity contribution in [3.8, 4) is 0 Å². The molecule has 0 radical (unpaired) electrons. The minimum atomic E-state index is 0. The first-order chi connectivity index (χ1) is 7.55. The zero-order chi connectivity index (χ0) is 13.9. The van der Waals surface area contributed by atoms with Gasteiger partial charge in [0.15, 0.2) is 0 Å². The van der Waals surface area contributed by atoms with Crippen LogP contribution >= 0.6 is 37.2 Å². The summed E-state index contributed by atoms with van der Waals surface area (Å²) in [5.41, 5.74) is 7.34. The van der Waals surface area contributed by atoms with E-state index < -0.39 is 0 Å². The van der Waals surface area contributed by atoms with Gasteiger partial charge in [0.1, 0.15) is 0 Å². The maximum absolute atomic E-state index is 7.00. The number of hydrogen-bond donors (Lipinski definition) is 3. The number of halogens is 3. The molecule has 20 heavy (non-hydrogen) atoms. The standard InChI is InChI=1S/C10H15.3CH4O.3ClH.Ti/c1-6-7(2)9(4)10(5)8(6)3;3*1-2;;;;/h1-5H3;3*2H,1H3;3*1H;/q-1;;;;;;;. The molecule has 7 heteroatoms. The summed E-state index contributed by atoms with van der Waals surface area (Å²) in [4.78, 5) is 0. The molecule has 0 atom stereocenters. The van der Waals surface area contributed by atoms with E-state index in [0.29, 0.717) is 0 Å². The Bertz CT molecular complexity index is 200. The first kappa shape index (κ1) is 42.8. The molecular formula is C13H30Cl3O3Ti-. The maximum Gasteiger partial charge on any atom is 0.0319 e. The van der Waals surface area contributed by atoms with Gasteiger partial charge < -0.3 is 15.3 Å². The minimum absolute atomic E-state index is 0. The molecule has 0 spiro atoms. The summed E-state index contributed by atoms with van der Waals surface area (Å²) in [6.07, 6.45) is 0. The van der Waals surface area contributed by atoms with Gasteiger partial charge in [-0.25, -0.2) is 0 Å². The Morgan fingerprint density at radius 3 is 0.800 bits per heavy atom. The smallest absolute Gasteiger partial charge is 0.0319 e. The van der Waals surface area contributed by atoms with Crippen molar-refractivity contribution < 1.29 is 37.0 Å². The molecular weight excluding hydrogens is 358 g/mol. The summed E-state index contributed by atoms with van der Waals surface area (Å²) in [6.45, 7) is 11.0. The monoisotopic (exact) mass is 387 g/mol. The van der Waals surface area contributed by atoms with Crippen molar-refractivity contribution in [3.05, 3.63) is 27.8 Å². The third-order valence-corrected chi connectivity index (χ3v) is 2.81. The van der Waals surface area contributed by atoms with Crippen LogP contribution in [-0.4, -0.2) is 36.6 Å². The fraction of sp³-hybridized carbons (Fsp3) is 0.615. The summed E-state index contributed by atoms with van der Waals surface area (Å²) in [7, 11) is 3.00. The fourth-order valence-electron chi connectivity index (χ4n) is 1.41. The van der Waals surface area contributed by atoms with E-state index in [1.54, 1.807) is 0 Å². The van der Waals surface area contributed by atoms with Crippen molar-refractivity contribution in [2.75, 3.05) is 21.3 Å². The van der Waals surface area contributed by atoms with E-state index >= 15 is 0 Å². The van der Waals surface area contributed by atoms with Gasteiger partial charge in [0.25, 0.3) is 0 Å². The fourth-order valence-corrected chi connectivity index (χ4v) is 1.41. The van der Waals surface area contributed by atoms with Gasteiger partial charge in [-0.15, -0.1) is 37.2 Å². The van der Waals surface area contributed by atoms with Gasteiger partial charge in [-0.3, -0.25) is 0 Å². The van der Waals surface area contributed by atoms with Crippen LogP contribution in [0, 0.1) is 34.6 Å². The Hall–Kier alpha value is 0.814.